The summed E-state index contributed by atoms with van der Waals surface area (Å²) in [4.78, 5) is 31.3. The van der Waals surface area contributed by atoms with Gasteiger partial charge in [0.2, 0.25) is 0 Å². The number of β-amino-alcohol motifs (C(OH)–C–C–N with tert-alkyl or cyclic N) is 1. The average molecular weight is 521 g/mol. The molecule has 0 spiro atoms. The summed E-state index contributed by atoms with van der Waals surface area (Å²) in [6.07, 6.45) is 3.79. The van der Waals surface area contributed by atoms with Crippen molar-refractivity contribution < 1.29 is 23.5 Å². The zero-order chi connectivity index (χ0) is 26.8. The minimum absolute atomic E-state index is 0.166. The number of H-pyrrole nitrogens is 1. The quantitative estimate of drug-likeness (QED) is 0.332. The van der Waals surface area contributed by atoms with Crippen LogP contribution in [0.25, 0.3) is 22.8 Å². The van der Waals surface area contributed by atoms with Gasteiger partial charge >= 0.3 is 0 Å². The molecule has 1 fully saturated rings. The van der Waals surface area contributed by atoms with Crippen molar-refractivity contribution in [3.8, 4) is 11.1 Å². The monoisotopic (exact) mass is 520 g/mol. The molecule has 0 saturated carbocycles. The van der Waals surface area contributed by atoms with Gasteiger partial charge in [-0.15, -0.1) is 0 Å². The van der Waals surface area contributed by atoms with E-state index >= 15 is 0 Å². The summed E-state index contributed by atoms with van der Waals surface area (Å²) in [7, 11) is 0. The zero-order valence-electron chi connectivity index (χ0n) is 21.1. The topological polar surface area (TPSA) is 97.5 Å². The molecular formula is C29H30F2N4O3. The van der Waals surface area contributed by atoms with Crippen molar-refractivity contribution in [3.63, 3.8) is 0 Å². The van der Waals surface area contributed by atoms with Crippen LogP contribution in [0, 0.1) is 18.6 Å². The Labute approximate surface area is 219 Å². The molecule has 3 aromatic rings. The Morgan fingerprint density at radius 1 is 1.16 bits per heavy atom. The van der Waals surface area contributed by atoms with E-state index in [-0.39, 0.29) is 17.0 Å². The van der Waals surface area contributed by atoms with Gasteiger partial charge in [0, 0.05) is 41.7 Å². The minimum Gasteiger partial charge on any atom is -0.392 e. The fraction of sp³-hybridized carbons (Fsp3) is 0.310. The number of aliphatic hydroxyl groups is 1. The van der Waals surface area contributed by atoms with E-state index in [0.29, 0.717) is 47.6 Å². The number of rotatable bonds is 8. The lowest BCUT2D eigenvalue weighted by molar-refractivity contribution is -0.110. The number of likely N-dealkylation sites (tertiary alicyclic amines) is 1. The van der Waals surface area contributed by atoms with Crippen LogP contribution in [-0.2, 0) is 4.79 Å². The number of anilines is 1. The Morgan fingerprint density at radius 3 is 2.71 bits per heavy atom. The van der Waals surface area contributed by atoms with Crippen molar-refractivity contribution in [2.45, 2.75) is 32.3 Å². The molecule has 1 aromatic heterocycles. The van der Waals surface area contributed by atoms with Crippen LogP contribution in [0.5, 0.6) is 0 Å². The smallest absolute Gasteiger partial charge is 0.256 e. The molecule has 0 radical (unpaired) electrons. The Kier molecular flexibility index (Phi) is 7.40. The molecule has 1 unspecified atom stereocenters. The molecule has 1 atom stereocenters. The SMILES string of the molecule is Cc1cc(C(=O)NCCC(O)CN2CCCC2)c(/C=C2\C(=O)Nc3cccc(-c4ccc(F)cc4F)c32)[nH]1. The molecule has 4 N–H and O–H groups in total. The molecule has 2 amide bonds. The van der Waals surface area contributed by atoms with Crippen molar-refractivity contribution in [1.29, 1.82) is 0 Å². The molecule has 0 aliphatic carbocycles. The molecule has 3 heterocycles. The van der Waals surface area contributed by atoms with E-state index in [1.54, 1.807) is 37.3 Å². The van der Waals surface area contributed by atoms with Crippen molar-refractivity contribution in [2.24, 2.45) is 0 Å². The Bertz CT molecular complexity index is 1410. The standard InChI is InChI=1S/C29H30F2N4O3/c1-17-13-22(28(37)32-10-9-19(36)16-35-11-2-3-12-35)26(33-17)15-23-27-21(5-4-6-25(27)34-29(23)38)20-8-7-18(30)14-24(20)31/h4-8,13-15,19,33,36H,2-3,9-12,16H2,1H3,(H,32,37)(H,34,38)/b23-15-. The van der Waals surface area contributed by atoms with Gasteiger partial charge < -0.3 is 25.6 Å². The van der Waals surface area contributed by atoms with Crippen LogP contribution < -0.4 is 10.6 Å². The summed E-state index contributed by atoms with van der Waals surface area (Å²) in [6.45, 7) is 4.71. The van der Waals surface area contributed by atoms with Crippen molar-refractivity contribution >= 4 is 29.2 Å². The van der Waals surface area contributed by atoms with Gasteiger partial charge in [-0.3, -0.25) is 9.59 Å². The number of carbonyl (C=O) groups is 2. The van der Waals surface area contributed by atoms with E-state index in [4.69, 9.17) is 0 Å². The Morgan fingerprint density at radius 2 is 1.95 bits per heavy atom. The lowest BCUT2D eigenvalue weighted by Gasteiger charge is -2.19. The maximum atomic E-state index is 14.7. The van der Waals surface area contributed by atoms with Gasteiger partial charge in [-0.2, -0.15) is 0 Å². The van der Waals surface area contributed by atoms with E-state index in [1.165, 1.54) is 12.1 Å². The lowest BCUT2D eigenvalue weighted by Crippen LogP contribution is -2.33. The molecule has 7 nitrogen and oxygen atoms in total. The largest absolute Gasteiger partial charge is 0.392 e. The number of aromatic amines is 1. The highest BCUT2D eigenvalue weighted by Gasteiger charge is 2.29. The number of fused-ring (bicyclic) bond motifs is 1. The molecule has 1 saturated heterocycles. The number of aromatic nitrogens is 1. The van der Waals surface area contributed by atoms with Gasteiger partial charge in [0.1, 0.15) is 11.6 Å². The van der Waals surface area contributed by atoms with E-state index in [9.17, 15) is 23.5 Å². The van der Waals surface area contributed by atoms with Crippen molar-refractivity contribution in [1.82, 2.24) is 15.2 Å². The second-order valence-corrected chi connectivity index (χ2v) is 9.85. The summed E-state index contributed by atoms with van der Waals surface area (Å²) >= 11 is 0. The Balaban J connectivity index is 1.38. The third-order valence-electron chi connectivity index (χ3n) is 6.99. The van der Waals surface area contributed by atoms with Crippen LogP contribution in [0.15, 0.2) is 42.5 Å². The average Bonchev–Trinajstić information content (AvgIpc) is 3.59. The maximum absolute atomic E-state index is 14.7. The number of halogens is 2. The Hall–Kier alpha value is -3.82. The van der Waals surface area contributed by atoms with Crippen molar-refractivity contribution in [2.75, 3.05) is 31.5 Å². The van der Waals surface area contributed by atoms with Gasteiger partial charge in [0.25, 0.3) is 11.8 Å². The second kappa shape index (κ2) is 10.9. The highest BCUT2D eigenvalue weighted by molar-refractivity contribution is 6.36. The predicted octanol–water partition coefficient (Wildman–Crippen LogP) is 4.34. The van der Waals surface area contributed by atoms with Crippen LogP contribution in [0.1, 0.15) is 46.6 Å². The third kappa shape index (κ3) is 5.39. The van der Waals surface area contributed by atoms with Gasteiger partial charge in [-0.1, -0.05) is 12.1 Å². The van der Waals surface area contributed by atoms with Gasteiger partial charge in [0.05, 0.1) is 22.9 Å². The zero-order valence-corrected chi connectivity index (χ0v) is 21.1. The van der Waals surface area contributed by atoms with Crippen LogP contribution in [0.4, 0.5) is 14.5 Å². The van der Waals surface area contributed by atoms with E-state index in [2.05, 4.69) is 20.5 Å². The molecule has 38 heavy (non-hydrogen) atoms. The molecular weight excluding hydrogens is 490 g/mol. The van der Waals surface area contributed by atoms with E-state index in [1.807, 2.05) is 0 Å². The first-order valence-corrected chi connectivity index (χ1v) is 12.8. The normalized spacial score (nSPS) is 17.1. The molecule has 5 rings (SSSR count). The molecule has 2 aliphatic rings. The fourth-order valence-corrected chi connectivity index (χ4v) is 5.18. The second-order valence-electron chi connectivity index (χ2n) is 9.85. The molecule has 2 aliphatic heterocycles. The first kappa shape index (κ1) is 25.8. The van der Waals surface area contributed by atoms with Gasteiger partial charge in [-0.25, -0.2) is 8.78 Å². The predicted molar refractivity (Wildman–Crippen MR) is 142 cm³/mol. The number of amides is 2. The first-order valence-electron chi connectivity index (χ1n) is 12.8. The van der Waals surface area contributed by atoms with Gasteiger partial charge in [-0.05, 0) is 75.2 Å². The highest BCUT2D eigenvalue weighted by atomic mass is 19.1. The fourth-order valence-electron chi connectivity index (χ4n) is 5.18. The summed E-state index contributed by atoms with van der Waals surface area (Å²) in [6, 6.07) is 10.1. The van der Waals surface area contributed by atoms with E-state index < -0.39 is 23.6 Å². The summed E-state index contributed by atoms with van der Waals surface area (Å²) < 4.78 is 28.2. The number of nitrogens with one attached hydrogen (secondary N) is 3. The van der Waals surface area contributed by atoms with Gasteiger partial charge in [0.15, 0.2) is 0 Å². The van der Waals surface area contributed by atoms with Crippen molar-refractivity contribution in [3.05, 3.63) is 76.6 Å². The maximum Gasteiger partial charge on any atom is 0.256 e. The minimum atomic E-state index is -0.736. The summed E-state index contributed by atoms with van der Waals surface area (Å²) in [5.41, 5.74) is 3.37. The number of benzene rings is 2. The number of aliphatic hydroxyl groups excluding tert-OH is 1. The van der Waals surface area contributed by atoms with E-state index in [0.717, 1.165) is 37.7 Å². The van der Waals surface area contributed by atoms with Crippen LogP contribution >= 0.6 is 0 Å². The summed E-state index contributed by atoms with van der Waals surface area (Å²) in [5.74, 6) is -2.14. The molecule has 9 heteroatoms. The lowest BCUT2D eigenvalue weighted by atomic mass is 9.93. The molecule has 2 aromatic carbocycles. The first-order chi connectivity index (χ1) is 18.3. The summed E-state index contributed by atoms with van der Waals surface area (Å²) in [5, 5.41) is 16.0. The molecule has 198 valence electrons. The third-order valence-corrected chi connectivity index (χ3v) is 6.99. The number of aryl methyl sites for hydroxylation is 1. The number of carbonyl (C=O) groups excluding carboxylic acids is 2. The highest BCUT2D eigenvalue weighted by Crippen LogP contribution is 2.41. The number of hydrogen-bond donors (Lipinski definition) is 4. The van der Waals surface area contributed by atoms with Crippen LogP contribution in [0.2, 0.25) is 0 Å². The number of hydrogen-bond acceptors (Lipinski definition) is 4. The van der Waals surface area contributed by atoms with Crippen LogP contribution in [-0.4, -0.2) is 59.1 Å². The van der Waals surface area contributed by atoms with Crippen LogP contribution in [0.3, 0.4) is 0 Å². The molecule has 0 bridgehead atoms. The number of nitrogens with zero attached hydrogens (tertiary/aromatic N) is 1.